The first-order valence-electron chi connectivity index (χ1n) is 9.19. The van der Waals surface area contributed by atoms with Crippen molar-refractivity contribution in [2.24, 2.45) is 0 Å². The number of aliphatic hydroxyl groups excluding tert-OH is 1. The zero-order valence-corrected chi connectivity index (χ0v) is 14.8. The Morgan fingerprint density at radius 1 is 0.963 bits per heavy atom. The van der Waals surface area contributed by atoms with E-state index in [1.54, 1.807) is 4.90 Å². The summed E-state index contributed by atoms with van der Waals surface area (Å²) < 4.78 is 13.2. The Morgan fingerprint density at radius 2 is 1.59 bits per heavy atom. The van der Waals surface area contributed by atoms with Gasteiger partial charge in [0.2, 0.25) is 0 Å². The van der Waals surface area contributed by atoms with Crippen molar-refractivity contribution in [3.8, 4) is 0 Å². The molecule has 2 aliphatic rings. The lowest BCUT2D eigenvalue weighted by molar-refractivity contribution is -0.141. The van der Waals surface area contributed by atoms with E-state index in [1.807, 2.05) is 30.3 Å². The van der Waals surface area contributed by atoms with Crippen LogP contribution in [0, 0.1) is 5.82 Å². The molecule has 2 fully saturated rings. The van der Waals surface area contributed by atoms with Gasteiger partial charge in [0.25, 0.3) is 11.7 Å². The van der Waals surface area contributed by atoms with Crippen molar-refractivity contribution in [1.29, 1.82) is 0 Å². The van der Waals surface area contributed by atoms with Gasteiger partial charge in [-0.25, -0.2) is 4.39 Å². The lowest BCUT2D eigenvalue weighted by Crippen LogP contribution is -2.37. The summed E-state index contributed by atoms with van der Waals surface area (Å²) in [5.41, 5.74) is 1.18. The molecule has 1 unspecified atom stereocenters. The highest BCUT2D eigenvalue weighted by molar-refractivity contribution is 6.46. The Kier molecular flexibility index (Phi) is 4.52. The molecular formula is C22H20FNO3. The monoisotopic (exact) mass is 365 g/mol. The second-order valence-corrected chi connectivity index (χ2v) is 7.06. The van der Waals surface area contributed by atoms with Crippen molar-refractivity contribution in [2.45, 2.75) is 37.8 Å². The Bertz CT molecular complexity index is 899. The van der Waals surface area contributed by atoms with Gasteiger partial charge in [0.1, 0.15) is 11.6 Å². The SMILES string of the molecule is O=C1C(=O)N(C2CCCC2)C(c2ccccc2)/C1=C(/O)c1ccc(F)cc1. The summed E-state index contributed by atoms with van der Waals surface area (Å²) in [6, 6.07) is 13.9. The molecule has 4 rings (SSSR count). The van der Waals surface area contributed by atoms with E-state index in [2.05, 4.69) is 0 Å². The number of hydrogen-bond donors (Lipinski definition) is 1. The lowest BCUT2D eigenvalue weighted by Gasteiger charge is -2.30. The Labute approximate surface area is 156 Å². The van der Waals surface area contributed by atoms with Gasteiger partial charge in [0.15, 0.2) is 0 Å². The molecule has 2 aromatic carbocycles. The van der Waals surface area contributed by atoms with Crippen LogP contribution in [0.2, 0.25) is 0 Å². The number of ketones is 1. The summed E-state index contributed by atoms with van der Waals surface area (Å²) in [4.78, 5) is 27.3. The highest BCUT2D eigenvalue weighted by Crippen LogP contribution is 2.43. The number of amides is 1. The van der Waals surface area contributed by atoms with Crippen molar-refractivity contribution in [1.82, 2.24) is 4.90 Å². The van der Waals surface area contributed by atoms with Crippen molar-refractivity contribution in [3.63, 3.8) is 0 Å². The van der Waals surface area contributed by atoms with E-state index in [9.17, 15) is 19.1 Å². The fraction of sp³-hybridized carbons (Fsp3) is 0.273. The molecule has 1 atom stereocenters. The van der Waals surface area contributed by atoms with Crippen LogP contribution in [0.4, 0.5) is 4.39 Å². The first-order chi connectivity index (χ1) is 13.1. The first kappa shape index (κ1) is 17.5. The summed E-state index contributed by atoms with van der Waals surface area (Å²) in [6.07, 6.45) is 3.75. The summed E-state index contributed by atoms with van der Waals surface area (Å²) in [7, 11) is 0. The van der Waals surface area contributed by atoms with Crippen LogP contribution in [0.15, 0.2) is 60.2 Å². The molecule has 1 N–H and O–H groups in total. The number of likely N-dealkylation sites (tertiary alicyclic amines) is 1. The van der Waals surface area contributed by atoms with Crippen LogP contribution >= 0.6 is 0 Å². The second-order valence-electron chi connectivity index (χ2n) is 7.06. The average molecular weight is 365 g/mol. The molecule has 2 aromatic rings. The normalized spacial score (nSPS) is 22.6. The number of nitrogens with zero attached hydrogens (tertiary/aromatic N) is 1. The molecule has 5 heteroatoms. The van der Waals surface area contributed by atoms with Gasteiger partial charge >= 0.3 is 0 Å². The number of carbonyl (C=O) groups is 2. The first-order valence-corrected chi connectivity index (χ1v) is 9.19. The average Bonchev–Trinajstić information content (AvgIpc) is 3.30. The minimum absolute atomic E-state index is 0.00910. The lowest BCUT2D eigenvalue weighted by atomic mass is 9.94. The minimum atomic E-state index is -0.683. The van der Waals surface area contributed by atoms with Crippen molar-refractivity contribution >= 4 is 17.4 Å². The maximum Gasteiger partial charge on any atom is 0.295 e. The summed E-state index contributed by atoms with van der Waals surface area (Å²) >= 11 is 0. The highest BCUT2D eigenvalue weighted by atomic mass is 19.1. The van der Waals surface area contributed by atoms with E-state index in [0.717, 1.165) is 31.2 Å². The molecule has 0 aromatic heterocycles. The predicted octanol–water partition coefficient (Wildman–Crippen LogP) is 4.19. The van der Waals surface area contributed by atoms with Crippen LogP contribution in [-0.4, -0.2) is 27.7 Å². The molecule has 0 radical (unpaired) electrons. The number of halogens is 1. The van der Waals surface area contributed by atoms with Crippen molar-refractivity contribution in [3.05, 3.63) is 77.1 Å². The van der Waals surface area contributed by atoms with E-state index in [1.165, 1.54) is 24.3 Å². The molecule has 0 spiro atoms. The molecule has 1 amide bonds. The predicted molar refractivity (Wildman–Crippen MR) is 99.2 cm³/mol. The summed E-state index contributed by atoms with van der Waals surface area (Å²) in [5.74, 6) is -1.95. The smallest absolute Gasteiger partial charge is 0.295 e. The van der Waals surface area contributed by atoms with Gasteiger partial charge in [0, 0.05) is 11.6 Å². The van der Waals surface area contributed by atoms with Crippen molar-refractivity contribution in [2.75, 3.05) is 0 Å². The van der Waals surface area contributed by atoms with E-state index in [-0.39, 0.29) is 17.4 Å². The van der Waals surface area contributed by atoms with E-state index >= 15 is 0 Å². The van der Waals surface area contributed by atoms with Gasteiger partial charge in [-0.05, 0) is 42.7 Å². The van der Waals surface area contributed by atoms with Gasteiger partial charge in [0.05, 0.1) is 11.6 Å². The topological polar surface area (TPSA) is 57.6 Å². The number of rotatable bonds is 3. The number of Topliss-reactive ketones (excluding diaryl/α,β-unsaturated/α-hetero) is 1. The van der Waals surface area contributed by atoms with Crippen LogP contribution in [0.1, 0.15) is 42.9 Å². The van der Waals surface area contributed by atoms with E-state index in [4.69, 9.17) is 0 Å². The third-order valence-corrected chi connectivity index (χ3v) is 5.43. The molecular weight excluding hydrogens is 345 g/mol. The zero-order valence-electron chi connectivity index (χ0n) is 14.8. The Hall–Kier alpha value is -2.95. The van der Waals surface area contributed by atoms with E-state index < -0.39 is 23.5 Å². The van der Waals surface area contributed by atoms with Gasteiger partial charge in [-0.2, -0.15) is 0 Å². The molecule has 1 heterocycles. The zero-order chi connectivity index (χ0) is 19.0. The number of aliphatic hydroxyl groups is 1. The fourth-order valence-corrected chi connectivity index (χ4v) is 4.13. The number of carbonyl (C=O) groups excluding carboxylic acids is 2. The molecule has 1 saturated heterocycles. The molecule has 27 heavy (non-hydrogen) atoms. The molecule has 0 bridgehead atoms. The highest BCUT2D eigenvalue weighted by Gasteiger charge is 2.49. The molecule has 1 saturated carbocycles. The summed E-state index contributed by atoms with van der Waals surface area (Å²) in [6.45, 7) is 0. The number of benzene rings is 2. The van der Waals surface area contributed by atoms with Gasteiger partial charge in [-0.3, -0.25) is 9.59 Å². The van der Waals surface area contributed by atoms with Crippen LogP contribution < -0.4 is 0 Å². The minimum Gasteiger partial charge on any atom is -0.507 e. The van der Waals surface area contributed by atoms with Crippen LogP contribution in [-0.2, 0) is 9.59 Å². The standard InChI is InChI=1S/C22H20FNO3/c23-16-12-10-15(11-13-16)20(25)18-19(14-6-2-1-3-7-14)24(22(27)21(18)26)17-8-4-5-9-17/h1-3,6-7,10-13,17,19,25H,4-5,8-9H2/b20-18-. The molecule has 4 nitrogen and oxygen atoms in total. The van der Waals surface area contributed by atoms with Gasteiger partial charge in [-0.15, -0.1) is 0 Å². The third kappa shape index (κ3) is 3.03. The molecule has 1 aliphatic carbocycles. The van der Waals surface area contributed by atoms with Crippen LogP contribution in [0.25, 0.3) is 5.76 Å². The maximum absolute atomic E-state index is 13.2. The largest absolute Gasteiger partial charge is 0.507 e. The fourth-order valence-electron chi connectivity index (χ4n) is 4.13. The van der Waals surface area contributed by atoms with Crippen LogP contribution in [0.5, 0.6) is 0 Å². The van der Waals surface area contributed by atoms with E-state index in [0.29, 0.717) is 5.56 Å². The quantitative estimate of drug-likeness (QED) is 0.504. The third-order valence-electron chi connectivity index (χ3n) is 5.43. The van der Waals surface area contributed by atoms with Crippen molar-refractivity contribution < 1.29 is 19.1 Å². The Morgan fingerprint density at radius 3 is 2.22 bits per heavy atom. The molecule has 1 aliphatic heterocycles. The van der Waals surface area contributed by atoms with Gasteiger partial charge < -0.3 is 10.0 Å². The number of hydrogen-bond acceptors (Lipinski definition) is 3. The van der Waals surface area contributed by atoms with Gasteiger partial charge in [-0.1, -0.05) is 43.2 Å². The Balaban J connectivity index is 1.87. The second kappa shape index (κ2) is 6.99. The maximum atomic E-state index is 13.2. The van der Waals surface area contributed by atoms with Crippen LogP contribution in [0.3, 0.4) is 0 Å². The summed E-state index contributed by atoms with van der Waals surface area (Å²) in [5, 5.41) is 10.8. The molecule has 138 valence electrons.